The molecule has 1 unspecified atom stereocenters. The Kier molecular flexibility index (Phi) is 3.52. The molecule has 0 saturated heterocycles. The second kappa shape index (κ2) is 4.45. The van der Waals surface area contributed by atoms with E-state index in [-0.39, 0.29) is 13.2 Å². The summed E-state index contributed by atoms with van der Waals surface area (Å²) in [5.41, 5.74) is 1.06. The van der Waals surface area contributed by atoms with Crippen molar-refractivity contribution in [2.75, 3.05) is 13.2 Å². The van der Waals surface area contributed by atoms with E-state index in [0.29, 0.717) is 0 Å². The summed E-state index contributed by atoms with van der Waals surface area (Å²) in [6, 6.07) is 0. The fourth-order valence-corrected chi connectivity index (χ4v) is 1.50. The number of aryl methyl sites for hydroxylation is 1. The average molecular weight is 188 g/mol. The van der Waals surface area contributed by atoms with Gasteiger partial charge in [0.05, 0.1) is 6.61 Å². The summed E-state index contributed by atoms with van der Waals surface area (Å²) in [7, 11) is 0. The van der Waals surface area contributed by atoms with Gasteiger partial charge in [-0.2, -0.15) is 0 Å². The van der Waals surface area contributed by atoms with Gasteiger partial charge in [-0.05, 0) is 12.3 Å². The van der Waals surface area contributed by atoms with E-state index in [4.69, 9.17) is 14.9 Å². The highest BCUT2D eigenvalue weighted by Gasteiger charge is 2.04. The molecule has 0 aromatic carbocycles. The van der Waals surface area contributed by atoms with Gasteiger partial charge in [0.2, 0.25) is 0 Å². The maximum Gasteiger partial charge on any atom is 0.133 e. The van der Waals surface area contributed by atoms with Crippen molar-refractivity contribution in [1.82, 2.24) is 0 Å². The van der Waals surface area contributed by atoms with Gasteiger partial charge in [0.25, 0.3) is 0 Å². The number of hydrogen-bond acceptors (Lipinski definition) is 4. The minimum Gasteiger partial charge on any atom is -0.490 e. The van der Waals surface area contributed by atoms with Crippen molar-refractivity contribution < 1.29 is 14.9 Å². The topological polar surface area (TPSA) is 49.7 Å². The van der Waals surface area contributed by atoms with Gasteiger partial charge in [-0.3, -0.25) is 0 Å². The number of aliphatic hydroxyl groups excluding tert-OH is 2. The Labute approximate surface area is 75.2 Å². The highest BCUT2D eigenvalue weighted by atomic mass is 32.1. The fourth-order valence-electron chi connectivity index (χ4n) is 0.735. The van der Waals surface area contributed by atoms with Crippen LogP contribution in [0.15, 0.2) is 10.8 Å². The molecule has 1 heterocycles. The van der Waals surface area contributed by atoms with E-state index in [1.165, 1.54) is 0 Å². The third-order valence-corrected chi connectivity index (χ3v) is 2.29. The smallest absolute Gasteiger partial charge is 0.133 e. The van der Waals surface area contributed by atoms with Crippen LogP contribution in [0.25, 0.3) is 0 Å². The average Bonchev–Trinajstić information content (AvgIpc) is 2.47. The second-order valence-corrected chi connectivity index (χ2v) is 3.31. The van der Waals surface area contributed by atoms with E-state index in [1.807, 2.05) is 17.7 Å². The molecule has 0 fully saturated rings. The molecule has 0 saturated carbocycles. The Morgan fingerprint density at radius 1 is 1.58 bits per heavy atom. The van der Waals surface area contributed by atoms with Crippen LogP contribution in [-0.4, -0.2) is 29.5 Å². The lowest BCUT2D eigenvalue weighted by molar-refractivity contribution is 0.0535. The second-order valence-electron chi connectivity index (χ2n) is 2.57. The van der Waals surface area contributed by atoms with E-state index >= 15 is 0 Å². The standard InChI is InChI=1S/C8H12O3S/c1-6-4-12-5-8(6)11-3-7(10)2-9/h4-5,7,9-10H,2-3H2,1H3. The van der Waals surface area contributed by atoms with Crippen LogP contribution in [0.4, 0.5) is 0 Å². The van der Waals surface area contributed by atoms with Crippen molar-refractivity contribution >= 4 is 11.3 Å². The van der Waals surface area contributed by atoms with Crippen LogP contribution in [0, 0.1) is 6.92 Å². The van der Waals surface area contributed by atoms with E-state index in [1.54, 1.807) is 11.3 Å². The molecule has 12 heavy (non-hydrogen) atoms. The molecular weight excluding hydrogens is 176 g/mol. The predicted octanol–water partition coefficient (Wildman–Crippen LogP) is 0.789. The zero-order valence-corrected chi connectivity index (χ0v) is 7.67. The molecule has 1 aromatic heterocycles. The summed E-state index contributed by atoms with van der Waals surface area (Å²) in [4.78, 5) is 0. The van der Waals surface area contributed by atoms with Gasteiger partial charge in [0.15, 0.2) is 0 Å². The first-order valence-corrected chi connectivity index (χ1v) is 4.63. The van der Waals surface area contributed by atoms with E-state index in [0.717, 1.165) is 11.3 Å². The lowest BCUT2D eigenvalue weighted by Gasteiger charge is -2.08. The lowest BCUT2D eigenvalue weighted by Crippen LogP contribution is -2.21. The molecule has 0 aliphatic carbocycles. The lowest BCUT2D eigenvalue weighted by atomic mass is 10.3. The summed E-state index contributed by atoms with van der Waals surface area (Å²) >= 11 is 1.56. The van der Waals surface area contributed by atoms with E-state index in [9.17, 15) is 0 Å². The number of aliphatic hydroxyl groups is 2. The summed E-state index contributed by atoms with van der Waals surface area (Å²) in [5.74, 6) is 0.785. The Balaban J connectivity index is 2.38. The Morgan fingerprint density at radius 2 is 2.33 bits per heavy atom. The minimum atomic E-state index is -0.788. The Bertz CT molecular complexity index is 234. The largest absolute Gasteiger partial charge is 0.490 e. The van der Waals surface area contributed by atoms with Gasteiger partial charge in [-0.15, -0.1) is 11.3 Å². The highest BCUT2D eigenvalue weighted by Crippen LogP contribution is 2.21. The number of thiophene rings is 1. The third-order valence-electron chi connectivity index (χ3n) is 1.45. The molecule has 1 rings (SSSR count). The monoisotopic (exact) mass is 188 g/mol. The quantitative estimate of drug-likeness (QED) is 0.734. The SMILES string of the molecule is Cc1cscc1OCC(O)CO. The van der Waals surface area contributed by atoms with Crippen LogP contribution in [0.5, 0.6) is 5.75 Å². The van der Waals surface area contributed by atoms with Crippen LogP contribution in [-0.2, 0) is 0 Å². The molecule has 68 valence electrons. The van der Waals surface area contributed by atoms with Crippen molar-refractivity contribution in [2.24, 2.45) is 0 Å². The fraction of sp³-hybridized carbons (Fsp3) is 0.500. The molecule has 1 aromatic rings. The van der Waals surface area contributed by atoms with Gasteiger partial charge < -0.3 is 14.9 Å². The first-order chi connectivity index (χ1) is 5.74. The molecule has 0 bridgehead atoms. The summed E-state index contributed by atoms with van der Waals surface area (Å²) in [6.07, 6.45) is -0.788. The first kappa shape index (κ1) is 9.51. The first-order valence-electron chi connectivity index (χ1n) is 3.68. The van der Waals surface area contributed by atoms with Crippen molar-refractivity contribution in [3.63, 3.8) is 0 Å². The molecule has 0 amide bonds. The van der Waals surface area contributed by atoms with Crippen molar-refractivity contribution in [2.45, 2.75) is 13.0 Å². The zero-order valence-electron chi connectivity index (χ0n) is 6.86. The minimum absolute atomic E-state index is 0.147. The Hall–Kier alpha value is -0.580. The highest BCUT2D eigenvalue weighted by molar-refractivity contribution is 7.08. The molecule has 0 aliphatic rings. The van der Waals surface area contributed by atoms with Gasteiger partial charge in [-0.1, -0.05) is 0 Å². The molecular formula is C8H12O3S. The van der Waals surface area contributed by atoms with Crippen LogP contribution < -0.4 is 4.74 Å². The van der Waals surface area contributed by atoms with Gasteiger partial charge in [-0.25, -0.2) is 0 Å². The molecule has 1 atom stereocenters. The van der Waals surface area contributed by atoms with Crippen LogP contribution in [0.2, 0.25) is 0 Å². The van der Waals surface area contributed by atoms with Gasteiger partial charge >= 0.3 is 0 Å². The van der Waals surface area contributed by atoms with Crippen LogP contribution in [0.3, 0.4) is 0 Å². The number of rotatable bonds is 4. The maximum atomic E-state index is 8.98. The van der Waals surface area contributed by atoms with Gasteiger partial charge in [0, 0.05) is 10.9 Å². The summed E-state index contributed by atoms with van der Waals surface area (Å²) in [6.45, 7) is 1.83. The van der Waals surface area contributed by atoms with Crippen molar-refractivity contribution in [3.05, 3.63) is 16.3 Å². The van der Waals surface area contributed by atoms with Crippen LogP contribution in [0.1, 0.15) is 5.56 Å². The maximum absolute atomic E-state index is 8.98. The summed E-state index contributed by atoms with van der Waals surface area (Å²) < 4.78 is 5.23. The van der Waals surface area contributed by atoms with E-state index < -0.39 is 6.10 Å². The van der Waals surface area contributed by atoms with Crippen molar-refractivity contribution in [3.8, 4) is 5.75 Å². The molecule has 4 heteroatoms. The predicted molar refractivity (Wildman–Crippen MR) is 47.6 cm³/mol. The summed E-state index contributed by atoms with van der Waals surface area (Å²) in [5, 5.41) is 21.3. The molecule has 0 radical (unpaired) electrons. The molecule has 3 nitrogen and oxygen atoms in total. The zero-order chi connectivity index (χ0) is 8.97. The molecule has 0 spiro atoms. The normalized spacial score (nSPS) is 12.9. The molecule has 2 N–H and O–H groups in total. The number of ether oxygens (including phenoxy) is 1. The Morgan fingerprint density at radius 3 is 2.83 bits per heavy atom. The molecule has 0 aliphatic heterocycles. The van der Waals surface area contributed by atoms with Gasteiger partial charge in [0.1, 0.15) is 18.5 Å². The van der Waals surface area contributed by atoms with E-state index in [2.05, 4.69) is 0 Å². The third kappa shape index (κ3) is 2.48. The van der Waals surface area contributed by atoms with Crippen molar-refractivity contribution in [1.29, 1.82) is 0 Å². The van der Waals surface area contributed by atoms with Crippen LogP contribution >= 0.6 is 11.3 Å². The number of hydrogen-bond donors (Lipinski definition) is 2.